The van der Waals surface area contributed by atoms with Gasteiger partial charge < -0.3 is 14.8 Å². The second kappa shape index (κ2) is 5.62. The van der Waals surface area contributed by atoms with Crippen molar-refractivity contribution in [3.05, 3.63) is 29.3 Å². The molecule has 1 N–H and O–H groups in total. The maximum absolute atomic E-state index is 6.04. The monoisotopic (exact) mass is 289 g/mol. The minimum atomic E-state index is 0.288. The van der Waals surface area contributed by atoms with Gasteiger partial charge in [-0.05, 0) is 50.9 Å². The summed E-state index contributed by atoms with van der Waals surface area (Å²) in [6.45, 7) is 8.83. The molecule has 3 rings (SSSR count). The molecular weight excluding hydrogens is 262 g/mol. The third kappa shape index (κ3) is 2.58. The quantitative estimate of drug-likeness (QED) is 0.926. The average Bonchev–Trinajstić information content (AvgIpc) is 2.92. The fourth-order valence-corrected chi connectivity index (χ4v) is 4.08. The van der Waals surface area contributed by atoms with Gasteiger partial charge in [0.15, 0.2) is 0 Å². The van der Waals surface area contributed by atoms with Crippen molar-refractivity contribution >= 4 is 0 Å². The number of hydrogen-bond donors (Lipinski definition) is 1. The summed E-state index contributed by atoms with van der Waals surface area (Å²) < 4.78 is 11.9. The van der Waals surface area contributed by atoms with Gasteiger partial charge in [-0.25, -0.2) is 0 Å². The van der Waals surface area contributed by atoms with Gasteiger partial charge in [-0.2, -0.15) is 0 Å². The highest BCUT2D eigenvalue weighted by molar-refractivity contribution is 5.41. The lowest BCUT2D eigenvalue weighted by Gasteiger charge is -2.29. The molecular formula is C18H27NO2. The zero-order chi connectivity index (χ0) is 15.1. The number of fused-ring (bicyclic) bond motifs is 1. The Morgan fingerprint density at radius 3 is 2.52 bits per heavy atom. The van der Waals surface area contributed by atoms with Crippen LogP contribution < -0.4 is 10.1 Å². The van der Waals surface area contributed by atoms with Crippen molar-refractivity contribution in [1.29, 1.82) is 0 Å². The SMILES string of the molecule is CNC(c1ccc2c(c1)CC(C)O2)C1C(C)OC(C)C1C. The summed E-state index contributed by atoms with van der Waals surface area (Å²) in [5, 5.41) is 3.52. The topological polar surface area (TPSA) is 30.5 Å². The maximum atomic E-state index is 6.04. The Morgan fingerprint density at radius 2 is 1.90 bits per heavy atom. The van der Waals surface area contributed by atoms with Crippen LogP contribution in [-0.2, 0) is 11.2 Å². The molecule has 0 aliphatic carbocycles. The zero-order valence-corrected chi connectivity index (χ0v) is 13.7. The predicted octanol–water partition coefficient (Wildman–Crippen LogP) is 3.33. The summed E-state index contributed by atoms with van der Waals surface area (Å²) in [5.74, 6) is 2.11. The van der Waals surface area contributed by atoms with E-state index in [0.29, 0.717) is 30.1 Å². The largest absolute Gasteiger partial charge is 0.490 e. The highest BCUT2D eigenvalue weighted by Crippen LogP contribution is 2.41. The first-order valence-corrected chi connectivity index (χ1v) is 8.13. The van der Waals surface area contributed by atoms with Crippen LogP contribution in [0.4, 0.5) is 0 Å². The molecule has 2 aliphatic rings. The molecule has 2 aliphatic heterocycles. The van der Waals surface area contributed by atoms with Crippen LogP contribution in [0, 0.1) is 11.8 Å². The van der Waals surface area contributed by atoms with Crippen molar-refractivity contribution in [1.82, 2.24) is 5.32 Å². The molecule has 2 heterocycles. The number of rotatable bonds is 3. The van der Waals surface area contributed by atoms with Crippen LogP contribution in [0.25, 0.3) is 0 Å². The van der Waals surface area contributed by atoms with E-state index in [2.05, 4.69) is 58.3 Å². The summed E-state index contributed by atoms with van der Waals surface area (Å²) >= 11 is 0. The summed E-state index contributed by atoms with van der Waals surface area (Å²) in [7, 11) is 2.06. The smallest absolute Gasteiger partial charge is 0.123 e. The first-order valence-electron chi connectivity index (χ1n) is 8.13. The minimum Gasteiger partial charge on any atom is -0.490 e. The highest BCUT2D eigenvalue weighted by Gasteiger charge is 2.41. The van der Waals surface area contributed by atoms with Crippen LogP contribution >= 0.6 is 0 Å². The fraction of sp³-hybridized carbons (Fsp3) is 0.667. The van der Waals surface area contributed by atoms with Crippen LogP contribution in [0.5, 0.6) is 5.75 Å². The van der Waals surface area contributed by atoms with E-state index < -0.39 is 0 Å². The first-order chi connectivity index (χ1) is 10.0. The van der Waals surface area contributed by atoms with Gasteiger partial charge in [-0.1, -0.05) is 19.1 Å². The van der Waals surface area contributed by atoms with E-state index in [1.54, 1.807) is 0 Å². The Kier molecular flexibility index (Phi) is 3.98. The van der Waals surface area contributed by atoms with Gasteiger partial charge in [0, 0.05) is 18.4 Å². The van der Waals surface area contributed by atoms with E-state index in [0.717, 1.165) is 12.2 Å². The van der Waals surface area contributed by atoms with Crippen LogP contribution in [-0.4, -0.2) is 25.4 Å². The average molecular weight is 289 g/mol. The number of nitrogens with one attached hydrogen (secondary N) is 1. The van der Waals surface area contributed by atoms with Crippen molar-refractivity contribution in [2.24, 2.45) is 11.8 Å². The summed E-state index contributed by atoms with van der Waals surface area (Å²) in [6.07, 6.45) is 1.94. The Bertz CT molecular complexity index is 516. The van der Waals surface area contributed by atoms with E-state index >= 15 is 0 Å². The standard InChI is InChI=1S/C18H27NO2/c1-10-8-15-9-14(6-7-16(15)20-10)18(19-5)17-11(2)12(3)21-13(17)4/h6-7,9-13,17-19H,8H2,1-5H3. The molecule has 1 aromatic rings. The zero-order valence-electron chi connectivity index (χ0n) is 13.7. The number of ether oxygens (including phenoxy) is 2. The van der Waals surface area contributed by atoms with Crippen molar-refractivity contribution in [3.63, 3.8) is 0 Å². The van der Waals surface area contributed by atoms with E-state index in [-0.39, 0.29) is 6.10 Å². The summed E-state index contributed by atoms with van der Waals surface area (Å²) in [4.78, 5) is 0. The van der Waals surface area contributed by atoms with Gasteiger partial charge in [-0.15, -0.1) is 0 Å². The minimum absolute atomic E-state index is 0.288. The second-order valence-corrected chi connectivity index (χ2v) is 6.75. The lowest BCUT2D eigenvalue weighted by atomic mass is 9.80. The summed E-state index contributed by atoms with van der Waals surface area (Å²) in [5.41, 5.74) is 2.70. The van der Waals surface area contributed by atoms with Gasteiger partial charge in [0.1, 0.15) is 11.9 Å². The van der Waals surface area contributed by atoms with Crippen LogP contribution in [0.15, 0.2) is 18.2 Å². The maximum Gasteiger partial charge on any atom is 0.123 e. The Hall–Kier alpha value is -1.06. The van der Waals surface area contributed by atoms with Crippen LogP contribution in [0.3, 0.4) is 0 Å². The van der Waals surface area contributed by atoms with Crippen molar-refractivity contribution < 1.29 is 9.47 Å². The second-order valence-electron chi connectivity index (χ2n) is 6.75. The molecule has 1 saturated heterocycles. The first kappa shape index (κ1) is 14.9. The van der Waals surface area contributed by atoms with Gasteiger partial charge in [0.25, 0.3) is 0 Å². The molecule has 3 heteroatoms. The third-order valence-corrected chi connectivity index (χ3v) is 5.29. The van der Waals surface area contributed by atoms with Gasteiger partial charge in [-0.3, -0.25) is 0 Å². The van der Waals surface area contributed by atoms with Gasteiger partial charge >= 0.3 is 0 Å². The molecule has 1 fully saturated rings. The van der Waals surface area contributed by atoms with Gasteiger partial charge in [0.05, 0.1) is 12.2 Å². The van der Waals surface area contributed by atoms with Crippen molar-refractivity contribution in [3.8, 4) is 5.75 Å². The molecule has 116 valence electrons. The number of hydrogen-bond acceptors (Lipinski definition) is 3. The lowest BCUT2D eigenvalue weighted by molar-refractivity contribution is 0.0478. The molecule has 1 aromatic carbocycles. The number of benzene rings is 1. The molecule has 0 radical (unpaired) electrons. The Labute approximate surface area is 128 Å². The normalized spacial score (nSPS) is 36.3. The summed E-state index contributed by atoms with van der Waals surface area (Å²) in [6, 6.07) is 7.00. The third-order valence-electron chi connectivity index (χ3n) is 5.29. The van der Waals surface area contributed by atoms with Crippen molar-refractivity contribution in [2.45, 2.75) is 58.5 Å². The molecule has 0 aromatic heterocycles. The molecule has 0 amide bonds. The highest BCUT2D eigenvalue weighted by atomic mass is 16.5. The van der Waals surface area contributed by atoms with E-state index in [1.165, 1.54) is 11.1 Å². The van der Waals surface area contributed by atoms with Crippen LogP contribution in [0.2, 0.25) is 0 Å². The molecule has 6 atom stereocenters. The fourth-order valence-electron chi connectivity index (χ4n) is 4.08. The van der Waals surface area contributed by atoms with E-state index in [9.17, 15) is 0 Å². The molecule has 21 heavy (non-hydrogen) atoms. The van der Waals surface area contributed by atoms with E-state index in [4.69, 9.17) is 9.47 Å². The molecule has 0 saturated carbocycles. The predicted molar refractivity (Wildman–Crippen MR) is 84.7 cm³/mol. The molecule has 6 unspecified atom stereocenters. The van der Waals surface area contributed by atoms with Crippen molar-refractivity contribution in [2.75, 3.05) is 7.05 Å². The van der Waals surface area contributed by atoms with E-state index in [1.807, 2.05) is 0 Å². The van der Waals surface area contributed by atoms with Crippen LogP contribution in [0.1, 0.15) is 44.9 Å². The Balaban J connectivity index is 1.89. The molecule has 0 spiro atoms. The lowest BCUT2D eigenvalue weighted by Crippen LogP contribution is -2.33. The van der Waals surface area contributed by atoms with Gasteiger partial charge in [0.2, 0.25) is 0 Å². The molecule has 0 bridgehead atoms. The Morgan fingerprint density at radius 1 is 1.14 bits per heavy atom. The molecule has 3 nitrogen and oxygen atoms in total.